The molecule has 2 aliphatic heterocycles. The smallest absolute Gasteiger partial charge is 0.244 e. The Morgan fingerprint density at radius 2 is 2.20 bits per heavy atom. The molecule has 2 atom stereocenters. The number of amides is 1. The van der Waals surface area contributed by atoms with Crippen LogP contribution in [0.3, 0.4) is 0 Å². The quantitative estimate of drug-likeness (QED) is 0.838. The van der Waals surface area contributed by atoms with E-state index in [-0.39, 0.29) is 17.9 Å². The SMILES string of the molecule is O=C(/C=C/c1ccccc1)NCC1=NO[C@@H]2COC[C@H]12. The van der Waals surface area contributed by atoms with Crippen LogP contribution in [0.25, 0.3) is 6.08 Å². The molecule has 0 bridgehead atoms. The van der Waals surface area contributed by atoms with Crippen LogP contribution in [0.2, 0.25) is 0 Å². The lowest BCUT2D eigenvalue weighted by atomic mass is 10.0. The zero-order valence-corrected chi connectivity index (χ0v) is 11.0. The maximum Gasteiger partial charge on any atom is 0.244 e. The van der Waals surface area contributed by atoms with Crippen molar-refractivity contribution in [3.8, 4) is 0 Å². The van der Waals surface area contributed by atoms with Crippen molar-refractivity contribution in [3.05, 3.63) is 42.0 Å². The van der Waals surface area contributed by atoms with Crippen LogP contribution >= 0.6 is 0 Å². The first-order valence-corrected chi connectivity index (χ1v) is 6.64. The van der Waals surface area contributed by atoms with E-state index in [0.717, 1.165) is 11.3 Å². The maximum absolute atomic E-state index is 11.7. The Labute approximate surface area is 117 Å². The van der Waals surface area contributed by atoms with E-state index < -0.39 is 0 Å². The third-order valence-corrected chi connectivity index (χ3v) is 3.43. The van der Waals surface area contributed by atoms with Gasteiger partial charge in [0.25, 0.3) is 0 Å². The molecule has 0 saturated carbocycles. The van der Waals surface area contributed by atoms with E-state index in [1.54, 1.807) is 6.08 Å². The van der Waals surface area contributed by atoms with Gasteiger partial charge < -0.3 is 14.9 Å². The van der Waals surface area contributed by atoms with Gasteiger partial charge in [-0.3, -0.25) is 4.79 Å². The highest BCUT2D eigenvalue weighted by Crippen LogP contribution is 2.24. The summed E-state index contributed by atoms with van der Waals surface area (Å²) in [5.74, 6) is 0.0484. The number of carbonyl (C=O) groups excluding carboxylic acids is 1. The van der Waals surface area contributed by atoms with Crippen molar-refractivity contribution in [1.29, 1.82) is 0 Å². The molecule has 1 N–H and O–H groups in total. The van der Waals surface area contributed by atoms with Crippen LogP contribution in [0.4, 0.5) is 0 Å². The van der Waals surface area contributed by atoms with E-state index in [9.17, 15) is 4.79 Å². The molecule has 0 unspecified atom stereocenters. The molecule has 1 amide bonds. The molecule has 0 aliphatic carbocycles. The number of carbonyl (C=O) groups is 1. The zero-order chi connectivity index (χ0) is 13.8. The summed E-state index contributed by atoms with van der Waals surface area (Å²) in [6.45, 7) is 1.61. The number of oxime groups is 1. The van der Waals surface area contributed by atoms with Gasteiger partial charge in [-0.05, 0) is 11.6 Å². The maximum atomic E-state index is 11.7. The molecule has 0 aromatic heterocycles. The fourth-order valence-electron chi connectivity index (χ4n) is 2.29. The molecule has 20 heavy (non-hydrogen) atoms. The van der Waals surface area contributed by atoms with Crippen molar-refractivity contribution in [2.75, 3.05) is 19.8 Å². The van der Waals surface area contributed by atoms with Crippen LogP contribution in [0, 0.1) is 5.92 Å². The molecule has 0 spiro atoms. The second-order valence-electron chi connectivity index (χ2n) is 4.83. The van der Waals surface area contributed by atoms with Gasteiger partial charge in [0.1, 0.15) is 0 Å². The molecule has 1 aromatic carbocycles. The minimum atomic E-state index is -0.140. The van der Waals surface area contributed by atoms with E-state index in [4.69, 9.17) is 9.57 Å². The third-order valence-electron chi connectivity index (χ3n) is 3.43. The lowest BCUT2D eigenvalue weighted by molar-refractivity contribution is -0.116. The average molecular weight is 272 g/mol. The van der Waals surface area contributed by atoms with Gasteiger partial charge >= 0.3 is 0 Å². The summed E-state index contributed by atoms with van der Waals surface area (Å²) < 4.78 is 5.32. The largest absolute Gasteiger partial charge is 0.389 e. The van der Waals surface area contributed by atoms with Crippen molar-refractivity contribution in [3.63, 3.8) is 0 Å². The highest BCUT2D eigenvalue weighted by atomic mass is 16.7. The molecule has 1 aromatic rings. The average Bonchev–Trinajstić information content (AvgIpc) is 3.07. The molecular weight excluding hydrogens is 256 g/mol. The molecule has 2 heterocycles. The molecule has 1 saturated heterocycles. The summed E-state index contributed by atoms with van der Waals surface area (Å²) in [6.07, 6.45) is 3.33. The van der Waals surface area contributed by atoms with E-state index in [1.165, 1.54) is 6.08 Å². The minimum absolute atomic E-state index is 0.0294. The number of hydrogen-bond acceptors (Lipinski definition) is 4. The first kappa shape index (κ1) is 12.9. The number of fused-ring (bicyclic) bond motifs is 1. The van der Waals surface area contributed by atoms with Gasteiger partial charge in [0.15, 0.2) is 6.10 Å². The Balaban J connectivity index is 1.49. The lowest BCUT2D eigenvalue weighted by Gasteiger charge is -2.06. The highest BCUT2D eigenvalue weighted by Gasteiger charge is 2.38. The van der Waals surface area contributed by atoms with E-state index in [1.807, 2.05) is 30.3 Å². The lowest BCUT2D eigenvalue weighted by Crippen LogP contribution is -2.33. The molecule has 5 heteroatoms. The van der Waals surface area contributed by atoms with Crippen LogP contribution < -0.4 is 5.32 Å². The number of hydrogen-bond donors (Lipinski definition) is 1. The number of benzene rings is 1. The summed E-state index contributed by atoms with van der Waals surface area (Å²) in [5, 5.41) is 6.82. The van der Waals surface area contributed by atoms with Crippen LogP contribution in [-0.4, -0.2) is 37.5 Å². The summed E-state index contributed by atoms with van der Waals surface area (Å²) in [6, 6.07) is 9.69. The Hall–Kier alpha value is -2.14. The van der Waals surface area contributed by atoms with Crippen LogP contribution in [0.1, 0.15) is 5.56 Å². The van der Waals surface area contributed by atoms with Gasteiger partial charge in [-0.1, -0.05) is 35.5 Å². The molecule has 1 fully saturated rings. The monoisotopic (exact) mass is 272 g/mol. The number of ether oxygens (including phenoxy) is 1. The molecule has 104 valence electrons. The first-order chi connectivity index (χ1) is 9.83. The predicted octanol–water partition coefficient (Wildman–Crippen LogP) is 1.22. The number of nitrogens with zero attached hydrogens (tertiary/aromatic N) is 1. The second kappa shape index (κ2) is 5.88. The predicted molar refractivity (Wildman–Crippen MR) is 75.1 cm³/mol. The molecule has 3 rings (SSSR count). The van der Waals surface area contributed by atoms with Gasteiger partial charge in [-0.2, -0.15) is 0 Å². The Bertz CT molecular complexity index is 539. The summed E-state index contributed by atoms with van der Waals surface area (Å²) in [7, 11) is 0. The van der Waals surface area contributed by atoms with Gasteiger partial charge in [-0.25, -0.2) is 0 Å². The van der Waals surface area contributed by atoms with E-state index in [2.05, 4.69) is 10.5 Å². The Kier molecular flexibility index (Phi) is 3.78. The number of nitrogens with one attached hydrogen (secondary N) is 1. The zero-order valence-electron chi connectivity index (χ0n) is 11.0. The van der Waals surface area contributed by atoms with Crippen molar-refractivity contribution >= 4 is 17.7 Å². The standard InChI is InChI=1S/C15H16N2O3/c18-15(7-6-11-4-2-1-3-5-11)16-8-13-12-9-19-10-14(12)20-17-13/h1-7,12,14H,8-10H2,(H,16,18)/b7-6+/t12-,14-/m1/s1. The first-order valence-electron chi connectivity index (χ1n) is 6.64. The molecule has 0 radical (unpaired) electrons. The van der Waals surface area contributed by atoms with Crippen LogP contribution in [0.5, 0.6) is 0 Å². The topological polar surface area (TPSA) is 59.9 Å². The van der Waals surface area contributed by atoms with Gasteiger partial charge in [0.2, 0.25) is 5.91 Å². The Morgan fingerprint density at radius 1 is 1.35 bits per heavy atom. The fourth-order valence-corrected chi connectivity index (χ4v) is 2.29. The minimum Gasteiger partial charge on any atom is -0.389 e. The van der Waals surface area contributed by atoms with Gasteiger partial charge in [0.05, 0.1) is 31.4 Å². The van der Waals surface area contributed by atoms with Crippen molar-refractivity contribution < 1.29 is 14.4 Å². The Morgan fingerprint density at radius 3 is 3.05 bits per heavy atom. The summed E-state index contributed by atoms with van der Waals surface area (Å²) in [5.41, 5.74) is 1.85. The summed E-state index contributed by atoms with van der Waals surface area (Å²) in [4.78, 5) is 17.0. The van der Waals surface area contributed by atoms with Crippen LogP contribution in [0.15, 0.2) is 41.6 Å². The third kappa shape index (κ3) is 2.88. The normalized spacial score (nSPS) is 24.3. The van der Waals surface area contributed by atoms with Crippen molar-refractivity contribution in [1.82, 2.24) is 5.32 Å². The molecule has 5 nitrogen and oxygen atoms in total. The number of rotatable bonds is 4. The second-order valence-corrected chi connectivity index (χ2v) is 4.83. The molecule has 2 aliphatic rings. The van der Waals surface area contributed by atoms with Crippen molar-refractivity contribution in [2.45, 2.75) is 6.10 Å². The van der Waals surface area contributed by atoms with Gasteiger partial charge in [0, 0.05) is 6.08 Å². The van der Waals surface area contributed by atoms with Gasteiger partial charge in [-0.15, -0.1) is 0 Å². The fraction of sp³-hybridized carbons (Fsp3) is 0.333. The van der Waals surface area contributed by atoms with E-state index >= 15 is 0 Å². The van der Waals surface area contributed by atoms with Crippen molar-refractivity contribution in [2.24, 2.45) is 11.1 Å². The van der Waals surface area contributed by atoms with E-state index in [0.29, 0.717) is 19.8 Å². The highest BCUT2D eigenvalue weighted by molar-refractivity contribution is 5.97. The molecular formula is C15H16N2O3. The summed E-state index contributed by atoms with van der Waals surface area (Å²) >= 11 is 0. The van der Waals surface area contributed by atoms with Crippen LogP contribution in [-0.2, 0) is 14.4 Å².